The number of piperidine rings is 1. The Balaban J connectivity index is 1.26. The number of nitro benzene ring substituents is 1. The predicted octanol–water partition coefficient (Wildman–Crippen LogP) is 4.79. The van der Waals surface area contributed by atoms with Crippen LogP contribution in [0.25, 0.3) is 11.3 Å². The number of aryl methyl sites for hydroxylation is 2. The van der Waals surface area contributed by atoms with Gasteiger partial charge in [0.25, 0.3) is 11.6 Å². The van der Waals surface area contributed by atoms with E-state index in [9.17, 15) is 23.3 Å². The fourth-order valence-electron chi connectivity index (χ4n) is 5.44. The Hall–Kier alpha value is -3.50. The highest BCUT2D eigenvalue weighted by atomic mass is 32.2. The number of likely N-dealkylation sites (tertiary alicyclic amines) is 1. The summed E-state index contributed by atoms with van der Waals surface area (Å²) in [6.45, 7) is 5.63. The molecule has 0 bridgehead atoms. The average Bonchev–Trinajstić information content (AvgIpc) is 3.53. The lowest BCUT2D eigenvalue weighted by Crippen LogP contribution is -2.44. The SMILES string of the molecule is Cc1ccc(C)c(S(=O)(=O)N2CCC3(CCN(C(=O)c4ccc(-c5ccccc5[N+](=O)[O-])o4)C3)CC2)c1. The summed E-state index contributed by atoms with van der Waals surface area (Å²) >= 11 is 0. The molecule has 0 unspecified atom stereocenters. The predicted molar refractivity (Wildman–Crippen MR) is 138 cm³/mol. The van der Waals surface area contributed by atoms with E-state index in [1.54, 1.807) is 45.6 Å². The number of hydrogen-bond donors (Lipinski definition) is 0. The molecule has 0 N–H and O–H groups in total. The van der Waals surface area contributed by atoms with Crippen molar-refractivity contribution in [2.24, 2.45) is 5.41 Å². The number of nitrogens with zero attached hydrogens (tertiary/aromatic N) is 3. The van der Waals surface area contributed by atoms with Crippen molar-refractivity contribution in [2.45, 2.75) is 38.0 Å². The third-order valence-electron chi connectivity index (χ3n) is 7.65. The first-order chi connectivity index (χ1) is 17.6. The van der Waals surface area contributed by atoms with Crippen molar-refractivity contribution in [3.05, 3.63) is 81.6 Å². The van der Waals surface area contributed by atoms with Crippen molar-refractivity contribution in [1.29, 1.82) is 0 Å². The number of sulfonamides is 1. The van der Waals surface area contributed by atoms with Crippen molar-refractivity contribution in [3.8, 4) is 11.3 Å². The zero-order chi connectivity index (χ0) is 26.4. The number of hydrogen-bond acceptors (Lipinski definition) is 6. The molecule has 194 valence electrons. The van der Waals surface area contributed by atoms with Gasteiger partial charge in [0.1, 0.15) is 5.76 Å². The smallest absolute Gasteiger partial charge is 0.289 e. The molecule has 2 aliphatic heterocycles. The van der Waals surface area contributed by atoms with Gasteiger partial charge in [-0.1, -0.05) is 24.3 Å². The van der Waals surface area contributed by atoms with Gasteiger partial charge in [-0.3, -0.25) is 14.9 Å². The summed E-state index contributed by atoms with van der Waals surface area (Å²) in [5.74, 6) is 0.154. The maximum absolute atomic E-state index is 13.3. The van der Waals surface area contributed by atoms with E-state index in [4.69, 9.17) is 4.42 Å². The molecular weight excluding hydrogens is 494 g/mol. The Morgan fingerprint density at radius 1 is 1.00 bits per heavy atom. The van der Waals surface area contributed by atoms with Gasteiger partial charge in [-0.15, -0.1) is 0 Å². The lowest BCUT2D eigenvalue weighted by atomic mass is 9.78. The number of amides is 1. The van der Waals surface area contributed by atoms with Crippen LogP contribution in [0.5, 0.6) is 0 Å². The minimum absolute atomic E-state index is 0.0847. The molecule has 0 aliphatic carbocycles. The summed E-state index contributed by atoms with van der Waals surface area (Å²) in [5.41, 5.74) is 1.75. The largest absolute Gasteiger partial charge is 0.451 e. The van der Waals surface area contributed by atoms with Crippen molar-refractivity contribution < 1.29 is 22.6 Å². The first kappa shape index (κ1) is 25.2. The van der Waals surface area contributed by atoms with Gasteiger partial charge in [-0.05, 0) is 73.9 Å². The first-order valence-electron chi connectivity index (χ1n) is 12.3. The fourth-order valence-corrected chi connectivity index (χ4v) is 7.19. The van der Waals surface area contributed by atoms with Crippen LogP contribution in [0.4, 0.5) is 5.69 Å². The molecular formula is C27H29N3O6S. The molecule has 37 heavy (non-hydrogen) atoms. The summed E-state index contributed by atoms with van der Waals surface area (Å²) in [4.78, 5) is 26.2. The molecule has 0 atom stereocenters. The van der Waals surface area contributed by atoms with E-state index >= 15 is 0 Å². The fraction of sp³-hybridized carbons (Fsp3) is 0.370. The molecule has 0 saturated carbocycles. The van der Waals surface area contributed by atoms with Crippen LogP contribution in [-0.2, 0) is 10.0 Å². The highest BCUT2D eigenvalue weighted by molar-refractivity contribution is 7.89. The van der Waals surface area contributed by atoms with Crippen molar-refractivity contribution >= 4 is 21.6 Å². The van der Waals surface area contributed by atoms with E-state index in [1.165, 1.54) is 6.07 Å². The van der Waals surface area contributed by atoms with E-state index in [2.05, 4.69) is 0 Å². The minimum Gasteiger partial charge on any atom is -0.451 e. The molecule has 10 heteroatoms. The van der Waals surface area contributed by atoms with Crippen LogP contribution in [-0.4, -0.2) is 54.6 Å². The van der Waals surface area contributed by atoms with E-state index in [0.717, 1.165) is 17.5 Å². The number of furan rings is 1. The van der Waals surface area contributed by atoms with Crippen LogP contribution in [0.2, 0.25) is 0 Å². The Bertz CT molecular complexity index is 1470. The summed E-state index contributed by atoms with van der Waals surface area (Å²) < 4.78 is 34.0. The quantitative estimate of drug-likeness (QED) is 0.351. The van der Waals surface area contributed by atoms with Gasteiger partial charge in [-0.25, -0.2) is 8.42 Å². The number of rotatable bonds is 5. The standard InChI is InChI=1S/C27H29N3O6S/c1-19-7-8-20(2)25(17-19)37(34,35)29-15-12-27(13-16-29)11-14-28(18-27)26(31)24-10-9-23(36-24)21-5-3-4-6-22(21)30(32)33/h3-10,17H,11-16,18H2,1-2H3. The Kier molecular flexibility index (Phi) is 6.41. The lowest BCUT2D eigenvalue weighted by Gasteiger charge is -2.38. The van der Waals surface area contributed by atoms with E-state index < -0.39 is 14.9 Å². The van der Waals surface area contributed by atoms with Crippen LogP contribution in [0.3, 0.4) is 0 Å². The van der Waals surface area contributed by atoms with E-state index in [-0.39, 0.29) is 28.5 Å². The number of nitro groups is 1. The summed E-state index contributed by atoms with van der Waals surface area (Å²) in [5, 5.41) is 11.4. The Labute approximate surface area is 215 Å². The lowest BCUT2D eigenvalue weighted by molar-refractivity contribution is -0.384. The highest BCUT2D eigenvalue weighted by Gasteiger charge is 2.44. The van der Waals surface area contributed by atoms with Gasteiger partial charge in [0.15, 0.2) is 5.76 Å². The Morgan fingerprint density at radius 3 is 2.43 bits per heavy atom. The summed E-state index contributed by atoms with van der Waals surface area (Å²) in [6.07, 6.45) is 2.16. The second-order valence-corrected chi connectivity index (χ2v) is 12.0. The monoisotopic (exact) mass is 523 g/mol. The molecule has 9 nitrogen and oxygen atoms in total. The molecule has 2 saturated heterocycles. The van der Waals surface area contributed by atoms with Crippen molar-refractivity contribution in [3.63, 3.8) is 0 Å². The van der Waals surface area contributed by atoms with Crippen molar-refractivity contribution in [1.82, 2.24) is 9.21 Å². The van der Waals surface area contributed by atoms with E-state index in [0.29, 0.717) is 49.5 Å². The number of carbonyl (C=O) groups excluding carboxylic acids is 1. The van der Waals surface area contributed by atoms with Gasteiger partial charge < -0.3 is 9.32 Å². The van der Waals surface area contributed by atoms with Crippen LogP contribution in [0.1, 0.15) is 40.9 Å². The summed E-state index contributed by atoms with van der Waals surface area (Å²) in [6, 6.07) is 14.9. The molecule has 1 spiro atoms. The zero-order valence-corrected chi connectivity index (χ0v) is 21.7. The van der Waals surface area contributed by atoms with Gasteiger partial charge in [0.2, 0.25) is 10.0 Å². The van der Waals surface area contributed by atoms with Gasteiger partial charge in [0.05, 0.1) is 15.4 Å². The first-order valence-corrected chi connectivity index (χ1v) is 13.7. The van der Waals surface area contributed by atoms with Crippen LogP contribution < -0.4 is 0 Å². The van der Waals surface area contributed by atoms with Gasteiger partial charge in [0, 0.05) is 32.2 Å². The summed E-state index contributed by atoms with van der Waals surface area (Å²) in [7, 11) is -3.58. The highest BCUT2D eigenvalue weighted by Crippen LogP contribution is 2.42. The number of para-hydroxylation sites is 1. The topological polar surface area (TPSA) is 114 Å². The molecule has 5 rings (SSSR count). The molecule has 3 heterocycles. The van der Waals surface area contributed by atoms with Gasteiger partial charge in [-0.2, -0.15) is 4.31 Å². The average molecular weight is 524 g/mol. The second-order valence-electron chi connectivity index (χ2n) is 10.1. The van der Waals surface area contributed by atoms with E-state index in [1.807, 2.05) is 26.0 Å². The number of benzene rings is 2. The Morgan fingerprint density at radius 2 is 1.70 bits per heavy atom. The number of carbonyl (C=O) groups is 1. The molecule has 1 amide bonds. The minimum atomic E-state index is -3.58. The maximum atomic E-state index is 13.3. The van der Waals surface area contributed by atoms with Crippen LogP contribution in [0.15, 0.2) is 63.9 Å². The van der Waals surface area contributed by atoms with Crippen LogP contribution in [0, 0.1) is 29.4 Å². The molecule has 2 aliphatic rings. The normalized spacial score (nSPS) is 17.8. The zero-order valence-electron chi connectivity index (χ0n) is 20.8. The molecule has 0 radical (unpaired) electrons. The maximum Gasteiger partial charge on any atom is 0.289 e. The molecule has 1 aromatic heterocycles. The molecule has 2 fully saturated rings. The second kappa shape index (κ2) is 9.42. The third-order valence-corrected chi connectivity index (χ3v) is 9.69. The van der Waals surface area contributed by atoms with Crippen molar-refractivity contribution in [2.75, 3.05) is 26.2 Å². The third kappa shape index (κ3) is 4.67. The molecule has 3 aromatic rings. The van der Waals surface area contributed by atoms with Gasteiger partial charge >= 0.3 is 0 Å². The van der Waals surface area contributed by atoms with Crippen LogP contribution >= 0.6 is 0 Å². The molecule has 2 aromatic carbocycles.